The number of hydrogen-bond acceptors (Lipinski definition) is 2. The van der Waals surface area contributed by atoms with Crippen LogP contribution in [0.2, 0.25) is 0 Å². The molecule has 1 heterocycles. The quantitative estimate of drug-likeness (QED) is 0.742. The van der Waals surface area contributed by atoms with Crippen LogP contribution < -0.4 is 10.1 Å². The molecule has 0 radical (unpaired) electrons. The monoisotopic (exact) mass is 320 g/mol. The summed E-state index contributed by atoms with van der Waals surface area (Å²) >= 11 is 0. The number of benzene rings is 2. The number of ether oxygens (including phenoxy) is 1. The molecule has 4 nitrogen and oxygen atoms in total. The van der Waals surface area contributed by atoms with E-state index in [4.69, 9.17) is 4.74 Å². The largest absolute Gasteiger partial charge is 0.495 e. The minimum atomic E-state index is -0.0537. The van der Waals surface area contributed by atoms with Crippen LogP contribution in [0.5, 0.6) is 5.75 Å². The molecule has 122 valence electrons. The lowest BCUT2D eigenvalue weighted by Crippen LogP contribution is -2.19. The molecular weight excluding hydrogens is 300 g/mol. The van der Waals surface area contributed by atoms with E-state index in [-0.39, 0.29) is 11.9 Å². The van der Waals surface area contributed by atoms with Gasteiger partial charge in [-0.2, -0.15) is 0 Å². The van der Waals surface area contributed by atoms with Crippen LogP contribution in [0.25, 0.3) is 0 Å². The standard InChI is InChI=1S/C20H20N2O2/c1-24-19-12-6-5-11-17(19)21-20(23)15-18(22-13-7-8-14-22)16-9-3-2-4-10-16/h2-14,18H,15H2,1H3,(H,21,23)/t18-/m1/s1. The van der Waals surface area contributed by atoms with E-state index in [0.717, 1.165) is 5.56 Å². The maximum absolute atomic E-state index is 12.6. The Morgan fingerprint density at radius 1 is 1.00 bits per heavy atom. The van der Waals surface area contributed by atoms with Gasteiger partial charge >= 0.3 is 0 Å². The molecule has 0 unspecified atom stereocenters. The summed E-state index contributed by atoms with van der Waals surface area (Å²) in [6.45, 7) is 0. The molecule has 3 rings (SSSR count). The molecule has 0 aliphatic heterocycles. The van der Waals surface area contributed by atoms with E-state index < -0.39 is 0 Å². The molecule has 1 amide bonds. The third-order valence-corrected chi connectivity index (χ3v) is 3.93. The average molecular weight is 320 g/mol. The fourth-order valence-electron chi connectivity index (χ4n) is 2.75. The van der Waals surface area contributed by atoms with Gasteiger partial charge in [-0.3, -0.25) is 4.79 Å². The first-order valence-electron chi connectivity index (χ1n) is 7.88. The number of methoxy groups -OCH3 is 1. The van der Waals surface area contributed by atoms with Gasteiger partial charge in [-0.15, -0.1) is 0 Å². The number of carbonyl (C=O) groups is 1. The Morgan fingerprint density at radius 2 is 1.67 bits per heavy atom. The number of amides is 1. The van der Waals surface area contributed by atoms with Crippen molar-refractivity contribution in [3.63, 3.8) is 0 Å². The van der Waals surface area contributed by atoms with E-state index in [9.17, 15) is 4.79 Å². The number of rotatable bonds is 6. The zero-order valence-electron chi connectivity index (χ0n) is 13.6. The number of carbonyl (C=O) groups excluding carboxylic acids is 1. The van der Waals surface area contributed by atoms with Crippen LogP contribution in [0.4, 0.5) is 5.69 Å². The van der Waals surface area contributed by atoms with E-state index >= 15 is 0 Å². The Hall–Kier alpha value is -3.01. The molecule has 0 bridgehead atoms. The highest BCUT2D eigenvalue weighted by atomic mass is 16.5. The van der Waals surface area contributed by atoms with Crippen molar-refractivity contribution in [1.29, 1.82) is 0 Å². The van der Waals surface area contributed by atoms with Crippen LogP contribution in [-0.4, -0.2) is 17.6 Å². The summed E-state index contributed by atoms with van der Waals surface area (Å²) < 4.78 is 7.34. The van der Waals surface area contributed by atoms with Gasteiger partial charge in [-0.25, -0.2) is 0 Å². The second kappa shape index (κ2) is 7.51. The Morgan fingerprint density at radius 3 is 2.38 bits per heavy atom. The molecule has 0 aliphatic rings. The highest BCUT2D eigenvalue weighted by Crippen LogP contribution is 2.26. The van der Waals surface area contributed by atoms with Gasteiger partial charge in [-0.05, 0) is 29.8 Å². The van der Waals surface area contributed by atoms with Gasteiger partial charge in [-0.1, -0.05) is 42.5 Å². The SMILES string of the molecule is COc1ccccc1NC(=O)C[C@H](c1ccccc1)n1cccc1. The molecule has 0 fully saturated rings. The predicted molar refractivity (Wildman–Crippen MR) is 95.3 cm³/mol. The van der Waals surface area contributed by atoms with Crippen molar-refractivity contribution < 1.29 is 9.53 Å². The highest BCUT2D eigenvalue weighted by Gasteiger charge is 2.18. The van der Waals surface area contributed by atoms with Crippen molar-refractivity contribution >= 4 is 11.6 Å². The molecule has 1 N–H and O–H groups in total. The lowest BCUT2D eigenvalue weighted by Gasteiger charge is -2.19. The maximum Gasteiger partial charge on any atom is 0.226 e. The Balaban J connectivity index is 1.79. The van der Waals surface area contributed by atoms with Gasteiger partial charge in [0.2, 0.25) is 5.91 Å². The van der Waals surface area contributed by atoms with Crippen LogP contribution in [-0.2, 0) is 4.79 Å². The van der Waals surface area contributed by atoms with Gasteiger partial charge in [0.1, 0.15) is 5.75 Å². The predicted octanol–water partition coefficient (Wildman–Crippen LogP) is 4.11. The topological polar surface area (TPSA) is 43.3 Å². The van der Waals surface area contributed by atoms with Gasteiger partial charge in [0.15, 0.2) is 0 Å². The lowest BCUT2D eigenvalue weighted by molar-refractivity contribution is -0.116. The number of para-hydroxylation sites is 2. The minimum Gasteiger partial charge on any atom is -0.495 e. The molecule has 1 atom stereocenters. The number of anilines is 1. The van der Waals surface area contributed by atoms with Crippen LogP contribution in [0.1, 0.15) is 18.0 Å². The van der Waals surface area contributed by atoms with E-state index in [2.05, 4.69) is 9.88 Å². The Kier molecular flexibility index (Phi) is 4.96. The molecule has 0 spiro atoms. The van der Waals surface area contributed by atoms with Crippen molar-refractivity contribution in [1.82, 2.24) is 4.57 Å². The van der Waals surface area contributed by atoms with Crippen molar-refractivity contribution in [3.8, 4) is 5.75 Å². The fraction of sp³-hybridized carbons (Fsp3) is 0.150. The first-order chi connectivity index (χ1) is 11.8. The summed E-state index contributed by atoms with van der Waals surface area (Å²) in [6.07, 6.45) is 4.30. The van der Waals surface area contributed by atoms with Crippen LogP contribution in [0.3, 0.4) is 0 Å². The molecule has 2 aromatic carbocycles. The molecule has 24 heavy (non-hydrogen) atoms. The van der Waals surface area contributed by atoms with E-state index in [1.165, 1.54) is 0 Å². The Labute approximate surface area is 141 Å². The van der Waals surface area contributed by atoms with Crippen molar-refractivity contribution in [3.05, 3.63) is 84.7 Å². The van der Waals surface area contributed by atoms with Crippen LogP contribution >= 0.6 is 0 Å². The summed E-state index contributed by atoms with van der Waals surface area (Å²) in [5, 5.41) is 2.95. The van der Waals surface area contributed by atoms with E-state index in [1.54, 1.807) is 7.11 Å². The van der Waals surface area contributed by atoms with E-state index in [1.807, 2.05) is 79.1 Å². The third kappa shape index (κ3) is 3.66. The molecule has 1 aromatic heterocycles. The number of aromatic nitrogens is 1. The average Bonchev–Trinajstić information content (AvgIpc) is 3.15. The fourth-order valence-corrected chi connectivity index (χ4v) is 2.75. The summed E-state index contributed by atoms with van der Waals surface area (Å²) in [4.78, 5) is 12.6. The smallest absolute Gasteiger partial charge is 0.226 e. The molecule has 0 saturated carbocycles. The third-order valence-electron chi connectivity index (χ3n) is 3.93. The zero-order chi connectivity index (χ0) is 16.8. The van der Waals surface area contributed by atoms with Crippen molar-refractivity contribution in [2.24, 2.45) is 0 Å². The molecule has 4 heteroatoms. The zero-order valence-corrected chi connectivity index (χ0v) is 13.6. The molecule has 0 aliphatic carbocycles. The molecular formula is C20H20N2O2. The Bertz CT molecular complexity index is 782. The minimum absolute atomic E-state index is 0.0455. The number of nitrogens with one attached hydrogen (secondary N) is 1. The molecule has 0 saturated heterocycles. The first kappa shape index (κ1) is 15.9. The first-order valence-corrected chi connectivity index (χ1v) is 7.88. The van der Waals surface area contributed by atoms with Crippen LogP contribution in [0, 0.1) is 0 Å². The van der Waals surface area contributed by atoms with Crippen molar-refractivity contribution in [2.75, 3.05) is 12.4 Å². The lowest BCUT2D eigenvalue weighted by atomic mass is 10.0. The second-order valence-electron chi connectivity index (χ2n) is 5.51. The van der Waals surface area contributed by atoms with Gasteiger partial charge < -0.3 is 14.6 Å². The summed E-state index contributed by atoms with van der Waals surface area (Å²) in [6, 6.07) is 21.3. The summed E-state index contributed by atoms with van der Waals surface area (Å²) in [5.41, 5.74) is 1.79. The highest BCUT2D eigenvalue weighted by molar-refractivity contribution is 5.92. The summed E-state index contributed by atoms with van der Waals surface area (Å²) in [7, 11) is 1.59. The normalized spacial score (nSPS) is 11.7. The second-order valence-corrected chi connectivity index (χ2v) is 5.51. The van der Waals surface area contributed by atoms with Crippen molar-refractivity contribution in [2.45, 2.75) is 12.5 Å². The molecule has 3 aromatic rings. The van der Waals surface area contributed by atoms with Gasteiger partial charge in [0, 0.05) is 12.4 Å². The van der Waals surface area contributed by atoms with E-state index in [0.29, 0.717) is 17.9 Å². The van der Waals surface area contributed by atoms with Gasteiger partial charge in [0.05, 0.1) is 25.3 Å². The van der Waals surface area contributed by atoms with Gasteiger partial charge in [0.25, 0.3) is 0 Å². The number of nitrogens with zero attached hydrogens (tertiary/aromatic N) is 1. The maximum atomic E-state index is 12.6. The van der Waals surface area contributed by atoms with Crippen LogP contribution in [0.15, 0.2) is 79.1 Å². The summed E-state index contributed by atoms with van der Waals surface area (Å²) in [5.74, 6) is 0.602. The number of hydrogen-bond donors (Lipinski definition) is 1.